The lowest BCUT2D eigenvalue weighted by atomic mass is 10.0. The van der Waals surface area contributed by atoms with Crippen molar-refractivity contribution in [2.24, 2.45) is 0 Å². The van der Waals surface area contributed by atoms with Crippen molar-refractivity contribution < 1.29 is 31.0 Å². The Morgan fingerprint density at radius 3 is 2.20 bits per heavy atom. The molecule has 3 nitrogen and oxygen atoms in total. The molecule has 1 aromatic heterocycles. The van der Waals surface area contributed by atoms with Crippen LogP contribution in [0.4, 0.5) is 0 Å². The van der Waals surface area contributed by atoms with E-state index in [-0.39, 0.29) is 23.3 Å². The molecule has 0 aromatic carbocycles. The number of allylic oxidation sites excluding steroid dienone is 1. The van der Waals surface area contributed by atoms with E-state index in [9.17, 15) is 0 Å². The number of hydrogen-bond acceptors (Lipinski definition) is 2. The van der Waals surface area contributed by atoms with Gasteiger partial charge in [0, 0.05) is 31.3 Å². The summed E-state index contributed by atoms with van der Waals surface area (Å²) in [6.45, 7) is 6.72. The molecule has 1 aliphatic heterocycles. The van der Waals surface area contributed by atoms with E-state index in [2.05, 4.69) is 35.7 Å². The minimum Gasteiger partial charge on any atom is -1.00 e. The molecule has 2 rings (SSSR count). The number of rotatable bonds is 22. The molecule has 0 saturated carbocycles. The Kier molecular flexibility index (Phi) is 21.9. The van der Waals surface area contributed by atoms with Gasteiger partial charge in [0.1, 0.15) is 6.54 Å². The summed E-state index contributed by atoms with van der Waals surface area (Å²) in [6.07, 6.45) is 32.9. The molecule has 0 aliphatic carbocycles. The summed E-state index contributed by atoms with van der Waals surface area (Å²) in [5, 5.41) is 0. The van der Waals surface area contributed by atoms with E-state index in [1.807, 2.05) is 6.08 Å². The van der Waals surface area contributed by atoms with Crippen LogP contribution >= 0.6 is 0 Å². The lowest BCUT2D eigenvalue weighted by Gasteiger charge is -2.22. The maximum absolute atomic E-state index is 5.81. The first kappa shape index (κ1) is 32.3. The molecule has 0 bridgehead atoms. The molecule has 1 fully saturated rings. The fraction of sp³-hybridized carbons (Fsp3) is 0.774. The summed E-state index contributed by atoms with van der Waals surface area (Å²) in [6, 6.07) is 4.53. The van der Waals surface area contributed by atoms with E-state index in [0.29, 0.717) is 0 Å². The molecule has 1 unspecified atom stereocenters. The molecule has 35 heavy (non-hydrogen) atoms. The van der Waals surface area contributed by atoms with Crippen LogP contribution in [0.1, 0.15) is 128 Å². The van der Waals surface area contributed by atoms with Crippen molar-refractivity contribution in [2.45, 2.75) is 141 Å². The number of halogens is 1. The average Bonchev–Trinajstić information content (AvgIpc) is 2.87. The first-order chi connectivity index (χ1) is 16.9. The molecule has 4 heteroatoms. The van der Waals surface area contributed by atoms with Crippen molar-refractivity contribution in [1.29, 1.82) is 0 Å². The van der Waals surface area contributed by atoms with Gasteiger partial charge in [-0.3, -0.25) is 0 Å². The van der Waals surface area contributed by atoms with Gasteiger partial charge in [0.15, 0.2) is 18.7 Å². The van der Waals surface area contributed by atoms with Crippen LogP contribution in [0.15, 0.2) is 37.2 Å². The Balaban J connectivity index is 0.00000612. The van der Waals surface area contributed by atoms with Crippen molar-refractivity contribution in [3.8, 4) is 0 Å². The average molecular weight is 553 g/mol. The summed E-state index contributed by atoms with van der Waals surface area (Å²) in [5.74, 6) is 0. The van der Waals surface area contributed by atoms with Gasteiger partial charge in [-0.15, -0.1) is 6.58 Å². The van der Waals surface area contributed by atoms with Crippen LogP contribution in [0.2, 0.25) is 0 Å². The Bertz CT molecular complexity index is 603. The molecule has 1 atom stereocenters. The van der Waals surface area contributed by atoms with Crippen molar-refractivity contribution in [1.82, 2.24) is 0 Å². The van der Waals surface area contributed by atoms with Crippen LogP contribution in [0.25, 0.3) is 0 Å². The fourth-order valence-electron chi connectivity index (χ4n) is 4.88. The van der Waals surface area contributed by atoms with Gasteiger partial charge in [-0.1, -0.05) is 70.3 Å². The number of hydrogen-bond donors (Lipinski definition) is 0. The number of unbranched alkanes of at least 4 members (excludes halogenated alkanes) is 14. The van der Waals surface area contributed by atoms with Crippen LogP contribution in [-0.2, 0) is 22.4 Å². The molecule has 1 aliphatic rings. The topological polar surface area (TPSA) is 22.3 Å². The third-order valence-electron chi connectivity index (χ3n) is 7.05. The van der Waals surface area contributed by atoms with Crippen LogP contribution in [-0.4, -0.2) is 19.5 Å². The van der Waals surface area contributed by atoms with Gasteiger partial charge in [0.25, 0.3) is 0 Å². The highest BCUT2D eigenvalue weighted by Gasteiger charge is 2.13. The second-order valence-corrected chi connectivity index (χ2v) is 10.2. The van der Waals surface area contributed by atoms with Gasteiger partial charge in [-0.25, -0.2) is 4.57 Å². The maximum Gasteiger partial charge on any atom is 0.171 e. The highest BCUT2D eigenvalue weighted by molar-refractivity contribution is 5.05. The van der Waals surface area contributed by atoms with Crippen LogP contribution in [0.5, 0.6) is 0 Å². The second-order valence-electron chi connectivity index (χ2n) is 10.2. The van der Waals surface area contributed by atoms with E-state index >= 15 is 0 Å². The van der Waals surface area contributed by atoms with Crippen molar-refractivity contribution >= 4 is 0 Å². The molecule has 0 N–H and O–H groups in total. The molecule has 0 spiro atoms. The molecule has 1 saturated heterocycles. The zero-order valence-electron chi connectivity index (χ0n) is 22.6. The van der Waals surface area contributed by atoms with E-state index in [1.165, 1.54) is 121 Å². The minimum atomic E-state index is 0. The van der Waals surface area contributed by atoms with Gasteiger partial charge in [-0.2, -0.15) is 0 Å². The van der Waals surface area contributed by atoms with Crippen molar-refractivity contribution in [3.05, 3.63) is 42.7 Å². The molecular weight excluding hydrogens is 498 g/mol. The fourth-order valence-corrected chi connectivity index (χ4v) is 4.88. The zero-order valence-corrected chi connectivity index (χ0v) is 24.2. The van der Waals surface area contributed by atoms with Gasteiger partial charge in [-0.05, 0) is 63.9 Å². The summed E-state index contributed by atoms with van der Waals surface area (Å²) >= 11 is 0. The van der Waals surface area contributed by atoms with Crippen LogP contribution in [0, 0.1) is 0 Å². The highest BCUT2D eigenvalue weighted by atomic mass is 79.9. The zero-order chi connectivity index (χ0) is 23.9. The van der Waals surface area contributed by atoms with Gasteiger partial charge < -0.3 is 26.5 Å². The Labute approximate surface area is 227 Å². The number of aryl methyl sites for hydroxylation is 2. The lowest BCUT2D eigenvalue weighted by Crippen LogP contribution is -3.00. The van der Waals surface area contributed by atoms with E-state index in [1.54, 1.807) is 0 Å². The third-order valence-corrected chi connectivity index (χ3v) is 7.05. The predicted molar refractivity (Wildman–Crippen MR) is 144 cm³/mol. The molecule has 2 heterocycles. The monoisotopic (exact) mass is 551 g/mol. The van der Waals surface area contributed by atoms with Gasteiger partial charge >= 0.3 is 0 Å². The Morgan fingerprint density at radius 1 is 0.857 bits per heavy atom. The van der Waals surface area contributed by atoms with E-state index in [0.717, 1.165) is 32.6 Å². The minimum absolute atomic E-state index is 0. The quantitative estimate of drug-likeness (QED) is 0.108. The maximum atomic E-state index is 5.81. The predicted octanol–water partition coefficient (Wildman–Crippen LogP) is 5.49. The summed E-state index contributed by atoms with van der Waals surface area (Å²) in [7, 11) is 0. The smallest absolute Gasteiger partial charge is 0.171 e. The largest absolute Gasteiger partial charge is 1.00 e. The molecular formula is C31H54BrNO2. The third kappa shape index (κ3) is 18.2. The number of nitrogens with zero attached hydrogens (tertiary/aromatic N) is 1. The number of ether oxygens (including phenoxy) is 2. The SMILES string of the molecule is C=CCCCCCC[n+]1cccc(CCCCCCCCCCCCCOC2CCCCO2)c1.[Br-]. The molecule has 0 amide bonds. The van der Waals surface area contributed by atoms with Gasteiger partial charge in [0.05, 0.1) is 0 Å². The molecule has 0 radical (unpaired) electrons. The summed E-state index contributed by atoms with van der Waals surface area (Å²) in [5.41, 5.74) is 1.51. The lowest BCUT2D eigenvalue weighted by molar-refractivity contribution is -0.697. The van der Waals surface area contributed by atoms with E-state index in [4.69, 9.17) is 9.47 Å². The first-order valence-electron chi connectivity index (χ1n) is 14.7. The van der Waals surface area contributed by atoms with E-state index < -0.39 is 0 Å². The van der Waals surface area contributed by atoms with Gasteiger partial charge in [0.2, 0.25) is 0 Å². The second kappa shape index (κ2) is 23.7. The first-order valence-corrected chi connectivity index (χ1v) is 14.7. The molecule has 202 valence electrons. The highest BCUT2D eigenvalue weighted by Crippen LogP contribution is 2.15. The number of pyridine rings is 1. The molecule has 1 aromatic rings. The normalized spacial score (nSPS) is 15.6. The summed E-state index contributed by atoms with van der Waals surface area (Å²) < 4.78 is 13.8. The Morgan fingerprint density at radius 2 is 1.51 bits per heavy atom. The van der Waals surface area contributed by atoms with Crippen LogP contribution in [0.3, 0.4) is 0 Å². The summed E-state index contributed by atoms with van der Waals surface area (Å²) in [4.78, 5) is 0. The van der Waals surface area contributed by atoms with Crippen molar-refractivity contribution in [2.75, 3.05) is 13.2 Å². The number of aromatic nitrogens is 1. The van der Waals surface area contributed by atoms with Crippen molar-refractivity contribution in [3.63, 3.8) is 0 Å². The standard InChI is InChI=1S/C31H54NO2.BrH/c1-2-3-4-5-14-18-25-32-26-21-23-30(29-32)22-16-13-11-9-7-6-8-10-12-15-19-27-33-31-24-17-20-28-34-31;/h2,21,23,26,29,31H,1,3-20,22,24-25,27-28H2;1H/q+1;/p-1. The van der Waals surface area contributed by atoms with Crippen LogP contribution < -0.4 is 21.5 Å². The Hall–Kier alpha value is -0.710.